The highest BCUT2D eigenvalue weighted by atomic mass is 32.2. The number of aliphatic imine (C=N–C) groups is 1. The molecule has 0 radical (unpaired) electrons. The maximum atomic E-state index is 10.5. The number of piperidine rings is 1. The lowest BCUT2D eigenvalue weighted by molar-refractivity contribution is 0.0446. The first-order chi connectivity index (χ1) is 11.2. The Labute approximate surface area is 149 Å². The van der Waals surface area contributed by atoms with Crippen LogP contribution in [-0.4, -0.2) is 46.2 Å². The number of rotatable bonds is 2. The number of aliphatic hydroxyl groups is 1. The largest absolute Gasteiger partial charge is 0.388 e. The standard InChI is InChI=1S/C18H28N4OS/c1-17(2,3)12-9-19-10-13-14(12)15(21-16(20-13)24-5)22-8-6-7-18(4,23)11-22/h9,12,23H,6-8,10-11H2,1-5H3/t12-,18?/m0/s1. The van der Waals surface area contributed by atoms with Gasteiger partial charge >= 0.3 is 0 Å². The molecule has 1 saturated heterocycles. The number of hydrogen-bond donors (Lipinski definition) is 1. The zero-order valence-electron chi connectivity index (χ0n) is 15.3. The van der Waals surface area contributed by atoms with Gasteiger partial charge in [0.15, 0.2) is 5.16 Å². The Hall–Kier alpha value is -1.14. The summed E-state index contributed by atoms with van der Waals surface area (Å²) in [5, 5.41) is 11.3. The molecule has 6 heteroatoms. The number of fused-ring (bicyclic) bond motifs is 1. The van der Waals surface area contributed by atoms with Crippen molar-refractivity contribution in [2.45, 2.75) is 63.8 Å². The summed E-state index contributed by atoms with van der Waals surface area (Å²) in [6.07, 6.45) is 5.90. The molecule has 5 nitrogen and oxygen atoms in total. The molecule has 0 bridgehead atoms. The molecule has 2 aliphatic rings. The second kappa shape index (κ2) is 6.30. The topological polar surface area (TPSA) is 61.6 Å². The lowest BCUT2D eigenvalue weighted by atomic mass is 9.75. The summed E-state index contributed by atoms with van der Waals surface area (Å²) in [5.41, 5.74) is 1.64. The van der Waals surface area contributed by atoms with E-state index in [2.05, 4.69) is 36.9 Å². The zero-order chi connectivity index (χ0) is 17.5. The van der Waals surface area contributed by atoms with Crippen molar-refractivity contribution in [2.75, 3.05) is 24.2 Å². The van der Waals surface area contributed by atoms with E-state index in [1.54, 1.807) is 11.8 Å². The highest BCUT2D eigenvalue weighted by molar-refractivity contribution is 7.98. The monoisotopic (exact) mass is 348 g/mol. The molecule has 24 heavy (non-hydrogen) atoms. The quantitative estimate of drug-likeness (QED) is 0.656. The molecule has 0 spiro atoms. The van der Waals surface area contributed by atoms with E-state index in [0.29, 0.717) is 13.1 Å². The van der Waals surface area contributed by atoms with Gasteiger partial charge < -0.3 is 10.0 Å². The summed E-state index contributed by atoms with van der Waals surface area (Å²) in [7, 11) is 0. The molecule has 3 heterocycles. The van der Waals surface area contributed by atoms with Crippen molar-refractivity contribution in [3.8, 4) is 0 Å². The van der Waals surface area contributed by atoms with E-state index >= 15 is 0 Å². The summed E-state index contributed by atoms with van der Waals surface area (Å²) < 4.78 is 0. The summed E-state index contributed by atoms with van der Waals surface area (Å²) in [5.74, 6) is 1.19. The first-order valence-electron chi connectivity index (χ1n) is 8.63. The van der Waals surface area contributed by atoms with Crippen molar-refractivity contribution in [3.63, 3.8) is 0 Å². The Morgan fingerprint density at radius 1 is 1.33 bits per heavy atom. The number of β-amino-alcohol motifs (C(OH)–C–C–N with tert-alkyl or cyclic N) is 1. The number of nitrogens with zero attached hydrogens (tertiary/aromatic N) is 4. The maximum absolute atomic E-state index is 10.5. The predicted molar refractivity (Wildman–Crippen MR) is 100 cm³/mol. The highest BCUT2D eigenvalue weighted by Crippen LogP contribution is 2.42. The molecule has 1 fully saturated rings. The van der Waals surface area contributed by atoms with Gasteiger partial charge in [-0.05, 0) is 31.4 Å². The molecule has 0 aromatic carbocycles. The zero-order valence-corrected chi connectivity index (χ0v) is 16.2. The molecule has 0 amide bonds. The third-order valence-corrected chi connectivity index (χ3v) is 5.43. The number of aromatic nitrogens is 2. The lowest BCUT2D eigenvalue weighted by Gasteiger charge is -2.40. The van der Waals surface area contributed by atoms with E-state index in [1.807, 2.05) is 13.2 Å². The van der Waals surface area contributed by atoms with Gasteiger partial charge in [0.2, 0.25) is 0 Å². The van der Waals surface area contributed by atoms with E-state index in [1.165, 1.54) is 5.56 Å². The molecule has 1 aromatic rings. The fraction of sp³-hybridized carbons (Fsp3) is 0.722. The minimum atomic E-state index is -0.657. The lowest BCUT2D eigenvalue weighted by Crippen LogP contribution is -2.47. The van der Waals surface area contributed by atoms with Crippen LogP contribution in [0.1, 0.15) is 57.7 Å². The number of thioether (sulfide) groups is 1. The fourth-order valence-electron chi connectivity index (χ4n) is 3.63. The van der Waals surface area contributed by atoms with Crippen LogP contribution >= 0.6 is 11.8 Å². The molecule has 132 valence electrons. The average molecular weight is 349 g/mol. The van der Waals surface area contributed by atoms with E-state index in [-0.39, 0.29) is 11.3 Å². The third-order valence-electron chi connectivity index (χ3n) is 4.88. The minimum absolute atomic E-state index is 0.0515. The summed E-state index contributed by atoms with van der Waals surface area (Å²) in [6, 6.07) is 0. The van der Waals surface area contributed by atoms with Crippen molar-refractivity contribution in [2.24, 2.45) is 10.4 Å². The van der Waals surface area contributed by atoms with E-state index in [4.69, 9.17) is 9.97 Å². The maximum Gasteiger partial charge on any atom is 0.189 e. The van der Waals surface area contributed by atoms with Crippen LogP contribution in [0.15, 0.2) is 10.1 Å². The smallest absolute Gasteiger partial charge is 0.189 e. The second-order valence-corrected chi connectivity index (χ2v) is 9.02. The molecule has 0 saturated carbocycles. The van der Waals surface area contributed by atoms with Gasteiger partial charge in [-0.1, -0.05) is 32.5 Å². The van der Waals surface area contributed by atoms with Gasteiger partial charge in [0.05, 0.1) is 17.8 Å². The SMILES string of the molecule is CSc1nc2c(c(N3CCCC(C)(O)C3)n1)[C@@H](C(C)(C)C)C=NC2. The molecular weight excluding hydrogens is 320 g/mol. The van der Waals surface area contributed by atoms with Crippen LogP contribution < -0.4 is 4.90 Å². The average Bonchev–Trinajstić information content (AvgIpc) is 2.51. The van der Waals surface area contributed by atoms with Crippen LogP contribution in [0.2, 0.25) is 0 Å². The van der Waals surface area contributed by atoms with Crippen LogP contribution in [0, 0.1) is 5.41 Å². The molecule has 0 aliphatic carbocycles. The van der Waals surface area contributed by atoms with Crippen molar-refractivity contribution in [3.05, 3.63) is 11.3 Å². The van der Waals surface area contributed by atoms with Crippen molar-refractivity contribution < 1.29 is 5.11 Å². The van der Waals surface area contributed by atoms with Gasteiger partial charge in [0, 0.05) is 30.8 Å². The predicted octanol–water partition coefficient (Wildman–Crippen LogP) is 3.26. The summed E-state index contributed by atoms with van der Waals surface area (Å²) in [6.45, 7) is 10.8. The Balaban J connectivity index is 2.11. The second-order valence-electron chi connectivity index (χ2n) is 8.25. The highest BCUT2D eigenvalue weighted by Gasteiger charge is 2.37. The van der Waals surface area contributed by atoms with Gasteiger partial charge in [-0.3, -0.25) is 4.99 Å². The first-order valence-corrected chi connectivity index (χ1v) is 9.86. The minimum Gasteiger partial charge on any atom is -0.388 e. The normalized spacial score (nSPS) is 27.2. The van der Waals surface area contributed by atoms with Crippen LogP contribution in [-0.2, 0) is 6.54 Å². The van der Waals surface area contributed by atoms with Crippen LogP contribution in [0.5, 0.6) is 0 Å². The van der Waals surface area contributed by atoms with Crippen LogP contribution in [0.3, 0.4) is 0 Å². The van der Waals surface area contributed by atoms with E-state index < -0.39 is 5.60 Å². The molecule has 2 atom stereocenters. The van der Waals surface area contributed by atoms with E-state index in [0.717, 1.165) is 36.1 Å². The van der Waals surface area contributed by atoms with Crippen LogP contribution in [0.4, 0.5) is 5.82 Å². The Morgan fingerprint density at radius 3 is 2.71 bits per heavy atom. The van der Waals surface area contributed by atoms with Gasteiger partial charge in [-0.15, -0.1) is 0 Å². The van der Waals surface area contributed by atoms with Gasteiger partial charge in [0.25, 0.3) is 0 Å². The van der Waals surface area contributed by atoms with Crippen LogP contribution in [0.25, 0.3) is 0 Å². The van der Waals surface area contributed by atoms with Crippen molar-refractivity contribution in [1.29, 1.82) is 0 Å². The van der Waals surface area contributed by atoms with Crippen molar-refractivity contribution in [1.82, 2.24) is 9.97 Å². The third kappa shape index (κ3) is 3.45. The summed E-state index contributed by atoms with van der Waals surface area (Å²) in [4.78, 5) is 16.4. The van der Waals surface area contributed by atoms with Crippen molar-refractivity contribution >= 4 is 23.8 Å². The molecule has 2 aliphatic heterocycles. The molecule has 3 rings (SSSR count). The molecular formula is C18H28N4OS. The Morgan fingerprint density at radius 2 is 2.08 bits per heavy atom. The molecule has 1 aromatic heterocycles. The summed E-state index contributed by atoms with van der Waals surface area (Å²) >= 11 is 1.57. The molecule has 1 N–H and O–H groups in total. The van der Waals surface area contributed by atoms with Gasteiger partial charge in [0.1, 0.15) is 5.82 Å². The van der Waals surface area contributed by atoms with E-state index in [9.17, 15) is 5.11 Å². The fourth-order valence-corrected chi connectivity index (χ4v) is 4.01. The first kappa shape index (κ1) is 17.7. The van der Waals surface area contributed by atoms with Gasteiger partial charge in [-0.2, -0.15) is 0 Å². The Kier molecular flexibility index (Phi) is 4.64. The number of anilines is 1. The Bertz CT molecular complexity index is 651. The molecule has 1 unspecified atom stereocenters. The number of hydrogen-bond acceptors (Lipinski definition) is 6. The van der Waals surface area contributed by atoms with Gasteiger partial charge in [-0.25, -0.2) is 9.97 Å².